The molecule has 0 aliphatic carbocycles. The molecule has 1 unspecified atom stereocenters. The number of aliphatic hydroxyl groups excluding tert-OH is 2. The van der Waals surface area contributed by atoms with Crippen molar-refractivity contribution in [2.45, 2.75) is 36.4 Å². The predicted molar refractivity (Wildman–Crippen MR) is 69.7 cm³/mol. The van der Waals surface area contributed by atoms with Gasteiger partial charge in [-0.15, -0.1) is 0 Å². The summed E-state index contributed by atoms with van der Waals surface area (Å²) in [6, 6.07) is 5.99. The maximum absolute atomic E-state index is 12.0. The first-order chi connectivity index (χ1) is 10.2. The van der Waals surface area contributed by atoms with Crippen LogP contribution in [0.5, 0.6) is 0 Å². The monoisotopic (exact) mass is 366 g/mol. The number of hydrogen-bond acceptors (Lipinski definition) is 4. The van der Waals surface area contributed by atoms with Crippen LogP contribution in [0.3, 0.4) is 0 Å². The molecule has 0 spiro atoms. The highest BCUT2D eigenvalue weighted by Crippen LogP contribution is 2.38. The Hall–Kier alpha value is -1.30. The number of aliphatic hydroxyl groups is 2. The highest BCUT2D eigenvalue weighted by Gasteiger charge is 2.61. The Labute approximate surface area is 129 Å². The average Bonchev–Trinajstić information content (AvgIpc) is 2.37. The summed E-state index contributed by atoms with van der Waals surface area (Å²) in [6.07, 6.45) is -9.67. The van der Waals surface area contributed by atoms with Crippen LogP contribution in [0.4, 0.5) is 22.0 Å². The zero-order valence-electron chi connectivity index (χ0n) is 11.8. The number of hydrogen-bond donors (Lipinski definition) is 3. The molecule has 1 atom stereocenters. The second-order valence-corrected chi connectivity index (χ2v) is 5.86. The lowest BCUT2D eigenvalue weighted by Crippen LogP contribution is -2.47. The van der Waals surface area contributed by atoms with E-state index in [0.717, 1.165) is 5.56 Å². The van der Waals surface area contributed by atoms with Gasteiger partial charge in [-0.3, -0.25) is 4.55 Å². The van der Waals surface area contributed by atoms with Crippen LogP contribution in [-0.4, -0.2) is 48.0 Å². The van der Waals surface area contributed by atoms with Gasteiger partial charge in [0.15, 0.2) is 0 Å². The van der Waals surface area contributed by atoms with Crippen molar-refractivity contribution in [3.05, 3.63) is 29.8 Å². The fraction of sp³-hybridized carbons (Fsp3) is 0.500. The molecular formula is C12H15F5O5S. The van der Waals surface area contributed by atoms with Gasteiger partial charge in [0.2, 0.25) is 0 Å². The van der Waals surface area contributed by atoms with E-state index in [-0.39, 0.29) is 4.90 Å². The van der Waals surface area contributed by atoms with E-state index in [1.807, 2.05) is 6.92 Å². The third-order valence-corrected chi connectivity index (χ3v) is 3.39. The molecule has 0 bridgehead atoms. The molecule has 1 aromatic rings. The smallest absolute Gasteiger partial charge is 0.396 e. The quantitative estimate of drug-likeness (QED) is 0.561. The van der Waals surface area contributed by atoms with Gasteiger partial charge < -0.3 is 10.2 Å². The van der Waals surface area contributed by atoms with Crippen LogP contribution in [-0.2, 0) is 10.1 Å². The van der Waals surface area contributed by atoms with Crippen LogP contribution >= 0.6 is 0 Å². The van der Waals surface area contributed by atoms with Gasteiger partial charge >= 0.3 is 12.1 Å². The van der Waals surface area contributed by atoms with E-state index in [0.29, 0.717) is 0 Å². The lowest BCUT2D eigenvalue weighted by Gasteiger charge is -2.23. The summed E-state index contributed by atoms with van der Waals surface area (Å²) in [7, 11) is -4.02. The third kappa shape index (κ3) is 6.77. The number of benzene rings is 1. The van der Waals surface area contributed by atoms with E-state index < -0.39 is 41.3 Å². The van der Waals surface area contributed by atoms with Crippen molar-refractivity contribution in [2.75, 3.05) is 6.61 Å². The second kappa shape index (κ2) is 7.99. The Morgan fingerprint density at radius 3 is 1.83 bits per heavy atom. The van der Waals surface area contributed by atoms with Gasteiger partial charge in [0.05, 0.1) is 4.90 Å². The Kier molecular flexibility index (Phi) is 7.54. The van der Waals surface area contributed by atoms with Crippen LogP contribution < -0.4 is 0 Å². The highest BCUT2D eigenvalue weighted by molar-refractivity contribution is 7.85. The van der Waals surface area contributed by atoms with E-state index >= 15 is 0 Å². The molecule has 0 aromatic heterocycles. The molecule has 11 heteroatoms. The SMILES string of the molecule is Cc1ccc(S(=O)(=O)O)cc1.OCCC(O)C(F)(F)C(F)(F)F. The van der Waals surface area contributed by atoms with Crippen molar-refractivity contribution in [2.24, 2.45) is 0 Å². The van der Waals surface area contributed by atoms with Gasteiger partial charge in [-0.1, -0.05) is 17.7 Å². The summed E-state index contributed by atoms with van der Waals surface area (Å²) in [4.78, 5) is -0.0666. The topological polar surface area (TPSA) is 94.8 Å². The zero-order valence-corrected chi connectivity index (χ0v) is 12.6. The van der Waals surface area contributed by atoms with Gasteiger partial charge in [-0.25, -0.2) is 0 Å². The number of halogens is 5. The van der Waals surface area contributed by atoms with E-state index in [1.54, 1.807) is 12.1 Å². The van der Waals surface area contributed by atoms with Crippen LogP contribution in [0.15, 0.2) is 29.2 Å². The van der Waals surface area contributed by atoms with Crippen LogP contribution in [0.25, 0.3) is 0 Å². The van der Waals surface area contributed by atoms with Gasteiger partial charge in [-0.2, -0.15) is 30.4 Å². The molecule has 3 N–H and O–H groups in total. The summed E-state index contributed by atoms with van der Waals surface area (Å²) in [6.45, 7) is 0.917. The normalized spacial score (nSPS) is 14.0. The van der Waals surface area contributed by atoms with Gasteiger partial charge in [-0.05, 0) is 19.1 Å². The largest absolute Gasteiger partial charge is 0.456 e. The summed E-state index contributed by atoms with van der Waals surface area (Å²) in [5.74, 6) is -5.16. The van der Waals surface area contributed by atoms with Crippen molar-refractivity contribution in [3.8, 4) is 0 Å². The predicted octanol–water partition coefficient (Wildman–Crippen LogP) is 2.17. The lowest BCUT2D eigenvalue weighted by molar-refractivity contribution is -0.314. The molecule has 0 amide bonds. The fourth-order valence-corrected chi connectivity index (χ4v) is 1.68. The molecule has 134 valence electrons. The standard InChI is InChI=1S/C7H8O3S.C5H7F5O2/c1-6-2-4-7(5-3-6)11(8,9)10;6-4(7,5(8,9)10)3(12)1-2-11/h2-5H,1H3,(H,8,9,10);3,11-12H,1-2H2. The van der Waals surface area contributed by atoms with Gasteiger partial charge in [0.25, 0.3) is 10.1 Å². The summed E-state index contributed by atoms with van der Waals surface area (Å²) in [5.41, 5.74) is 0.956. The van der Waals surface area contributed by atoms with Gasteiger partial charge in [0, 0.05) is 13.0 Å². The minimum Gasteiger partial charge on any atom is -0.396 e. The molecule has 0 aliphatic heterocycles. The number of rotatable bonds is 4. The van der Waals surface area contributed by atoms with Crippen LogP contribution in [0.1, 0.15) is 12.0 Å². The second-order valence-electron chi connectivity index (χ2n) is 4.44. The van der Waals surface area contributed by atoms with E-state index in [2.05, 4.69) is 0 Å². The molecular weight excluding hydrogens is 351 g/mol. The Morgan fingerprint density at radius 2 is 1.52 bits per heavy atom. The van der Waals surface area contributed by atoms with E-state index in [9.17, 15) is 30.4 Å². The Balaban J connectivity index is 0.000000422. The first-order valence-corrected chi connectivity index (χ1v) is 7.45. The average molecular weight is 366 g/mol. The first kappa shape index (κ1) is 21.7. The number of aryl methyl sites for hydroxylation is 1. The number of alkyl halides is 5. The van der Waals surface area contributed by atoms with Crippen molar-refractivity contribution in [1.82, 2.24) is 0 Å². The minimum atomic E-state index is -5.78. The molecule has 0 saturated carbocycles. The molecule has 1 aromatic carbocycles. The Morgan fingerprint density at radius 1 is 1.09 bits per heavy atom. The molecule has 23 heavy (non-hydrogen) atoms. The van der Waals surface area contributed by atoms with Crippen molar-refractivity contribution in [3.63, 3.8) is 0 Å². The molecule has 1 rings (SSSR count). The maximum atomic E-state index is 12.0. The summed E-state index contributed by atoms with van der Waals surface area (Å²) in [5, 5.41) is 16.3. The van der Waals surface area contributed by atoms with Crippen molar-refractivity contribution >= 4 is 10.1 Å². The lowest BCUT2D eigenvalue weighted by atomic mass is 10.1. The zero-order chi connectivity index (χ0) is 18.5. The Bertz CT molecular complexity index is 583. The van der Waals surface area contributed by atoms with Crippen LogP contribution in [0, 0.1) is 6.92 Å². The molecule has 0 radical (unpaired) electrons. The van der Waals surface area contributed by atoms with E-state index in [1.165, 1.54) is 12.1 Å². The summed E-state index contributed by atoms with van der Waals surface area (Å²) < 4.78 is 87.8. The molecule has 0 fully saturated rings. The highest BCUT2D eigenvalue weighted by atomic mass is 32.2. The van der Waals surface area contributed by atoms with E-state index in [4.69, 9.17) is 14.8 Å². The molecule has 5 nitrogen and oxygen atoms in total. The molecule has 0 saturated heterocycles. The molecule has 0 aliphatic rings. The minimum absolute atomic E-state index is 0.0666. The first-order valence-electron chi connectivity index (χ1n) is 6.01. The van der Waals surface area contributed by atoms with Gasteiger partial charge in [0.1, 0.15) is 6.10 Å². The van der Waals surface area contributed by atoms with Crippen LogP contribution in [0.2, 0.25) is 0 Å². The summed E-state index contributed by atoms with van der Waals surface area (Å²) >= 11 is 0. The maximum Gasteiger partial charge on any atom is 0.456 e. The third-order valence-electron chi connectivity index (χ3n) is 2.52. The fourth-order valence-electron chi connectivity index (χ4n) is 1.20. The van der Waals surface area contributed by atoms with Crippen molar-refractivity contribution in [1.29, 1.82) is 0 Å². The van der Waals surface area contributed by atoms with Crippen molar-refractivity contribution < 1.29 is 45.1 Å². The molecule has 0 heterocycles.